The second-order valence-corrected chi connectivity index (χ2v) is 5.13. The Hall–Kier alpha value is -1.68. The van der Waals surface area contributed by atoms with Crippen LogP contribution in [0.25, 0.3) is 0 Å². The Bertz CT molecular complexity index is 539. The molecule has 0 bridgehead atoms. The Morgan fingerprint density at radius 2 is 1.95 bits per heavy atom. The molecule has 1 aromatic heterocycles. The third kappa shape index (κ3) is 2.40. The molecule has 1 atom stereocenters. The predicted molar refractivity (Wildman–Crippen MR) is 73.0 cm³/mol. The van der Waals surface area contributed by atoms with E-state index >= 15 is 0 Å². The molecule has 0 saturated heterocycles. The van der Waals surface area contributed by atoms with Crippen molar-refractivity contribution in [2.24, 2.45) is 0 Å². The molecular formula is C15H19N3O. The first-order valence-corrected chi connectivity index (χ1v) is 6.91. The average Bonchev–Trinajstić information content (AvgIpc) is 3.05. The van der Waals surface area contributed by atoms with Gasteiger partial charge in [0.25, 0.3) is 0 Å². The molecule has 0 saturated carbocycles. The van der Waals surface area contributed by atoms with Crippen LogP contribution in [-0.4, -0.2) is 16.7 Å². The van der Waals surface area contributed by atoms with Crippen LogP contribution in [0.2, 0.25) is 0 Å². The summed E-state index contributed by atoms with van der Waals surface area (Å²) < 4.78 is 5.83. The molecule has 1 heterocycles. The fraction of sp³-hybridized carbons (Fsp3) is 0.467. The normalized spacial score (nSPS) is 16.5. The highest BCUT2D eigenvalue weighted by molar-refractivity contribution is 5.34. The van der Waals surface area contributed by atoms with E-state index in [1.807, 2.05) is 6.92 Å². The molecule has 0 amide bonds. The summed E-state index contributed by atoms with van der Waals surface area (Å²) in [5, 5.41) is 11.7. The van der Waals surface area contributed by atoms with Crippen molar-refractivity contribution in [1.82, 2.24) is 15.5 Å². The lowest BCUT2D eigenvalue weighted by molar-refractivity contribution is 0.379. The van der Waals surface area contributed by atoms with Gasteiger partial charge in [0.05, 0.1) is 6.04 Å². The highest BCUT2D eigenvalue weighted by Gasteiger charge is 2.27. The highest BCUT2D eigenvalue weighted by Crippen LogP contribution is 2.33. The second-order valence-electron chi connectivity index (χ2n) is 5.13. The molecular weight excluding hydrogens is 238 g/mol. The summed E-state index contributed by atoms with van der Waals surface area (Å²) in [6, 6.07) is 8.68. The van der Waals surface area contributed by atoms with Crippen molar-refractivity contribution >= 4 is 0 Å². The van der Waals surface area contributed by atoms with Gasteiger partial charge in [0.1, 0.15) is 0 Å². The molecule has 4 heteroatoms. The van der Waals surface area contributed by atoms with Gasteiger partial charge >= 0.3 is 0 Å². The Kier molecular flexibility index (Phi) is 3.34. The Labute approximate surface area is 113 Å². The maximum atomic E-state index is 5.83. The summed E-state index contributed by atoms with van der Waals surface area (Å²) in [5.74, 6) is 1.80. The summed E-state index contributed by atoms with van der Waals surface area (Å²) in [7, 11) is 0. The van der Waals surface area contributed by atoms with E-state index < -0.39 is 0 Å². The molecule has 0 spiro atoms. The largest absolute Gasteiger partial charge is 0.423 e. The van der Waals surface area contributed by atoms with Gasteiger partial charge in [0, 0.05) is 5.92 Å². The number of nitrogens with one attached hydrogen (secondary N) is 1. The van der Waals surface area contributed by atoms with Crippen LogP contribution in [0.4, 0.5) is 0 Å². The summed E-state index contributed by atoms with van der Waals surface area (Å²) in [6.07, 6.45) is 2.01. The van der Waals surface area contributed by atoms with Crippen LogP contribution in [0.1, 0.15) is 48.7 Å². The van der Waals surface area contributed by atoms with Gasteiger partial charge in [-0.25, -0.2) is 0 Å². The molecule has 1 aliphatic rings. The van der Waals surface area contributed by atoms with Gasteiger partial charge in [-0.1, -0.05) is 31.2 Å². The van der Waals surface area contributed by atoms with Gasteiger partial charge in [-0.3, -0.25) is 0 Å². The van der Waals surface area contributed by atoms with Gasteiger partial charge in [0.15, 0.2) is 0 Å². The van der Waals surface area contributed by atoms with E-state index in [1.165, 1.54) is 11.1 Å². The number of nitrogens with zero attached hydrogens (tertiary/aromatic N) is 2. The minimum Gasteiger partial charge on any atom is -0.423 e. The predicted octanol–water partition coefficient (Wildman–Crippen LogP) is 2.62. The summed E-state index contributed by atoms with van der Waals surface area (Å²) in [5.41, 5.74) is 2.82. The van der Waals surface area contributed by atoms with E-state index in [1.54, 1.807) is 0 Å². The van der Waals surface area contributed by atoms with E-state index in [4.69, 9.17) is 4.42 Å². The van der Waals surface area contributed by atoms with Crippen LogP contribution >= 0.6 is 0 Å². The first-order valence-electron chi connectivity index (χ1n) is 6.91. The molecule has 0 fully saturated rings. The van der Waals surface area contributed by atoms with Crippen LogP contribution in [0.3, 0.4) is 0 Å². The fourth-order valence-corrected chi connectivity index (χ4v) is 2.71. The molecule has 1 aliphatic carbocycles. The monoisotopic (exact) mass is 257 g/mol. The number of benzene rings is 1. The Morgan fingerprint density at radius 3 is 2.58 bits per heavy atom. The lowest BCUT2D eigenvalue weighted by Crippen LogP contribution is -2.17. The molecule has 1 aromatic carbocycles. The average molecular weight is 257 g/mol. The van der Waals surface area contributed by atoms with Crippen molar-refractivity contribution in [3.05, 3.63) is 47.2 Å². The number of fused-ring (bicyclic) bond motifs is 1. The molecule has 100 valence electrons. The Balaban J connectivity index is 1.75. The standard InChI is InChI=1S/C15H19N3O/c1-3-16-10(2)14-17-18-15(19-14)13-8-11-6-4-5-7-12(11)9-13/h4-7,10,13,16H,3,8-9H2,1-2H3. The zero-order valence-corrected chi connectivity index (χ0v) is 11.4. The Morgan fingerprint density at radius 1 is 1.26 bits per heavy atom. The van der Waals surface area contributed by atoms with Gasteiger partial charge in [-0.05, 0) is 37.4 Å². The van der Waals surface area contributed by atoms with E-state index in [0.29, 0.717) is 11.8 Å². The molecule has 19 heavy (non-hydrogen) atoms. The number of hydrogen-bond acceptors (Lipinski definition) is 4. The van der Waals surface area contributed by atoms with E-state index in [9.17, 15) is 0 Å². The minimum atomic E-state index is 0.120. The minimum absolute atomic E-state index is 0.120. The quantitative estimate of drug-likeness (QED) is 0.914. The van der Waals surface area contributed by atoms with Gasteiger partial charge < -0.3 is 9.73 Å². The smallest absolute Gasteiger partial charge is 0.233 e. The molecule has 3 rings (SSSR count). The zero-order chi connectivity index (χ0) is 13.2. The first kappa shape index (κ1) is 12.4. The molecule has 1 N–H and O–H groups in total. The van der Waals surface area contributed by atoms with Crippen LogP contribution in [-0.2, 0) is 12.8 Å². The molecule has 2 aromatic rings. The molecule has 4 nitrogen and oxygen atoms in total. The van der Waals surface area contributed by atoms with Crippen molar-refractivity contribution in [2.75, 3.05) is 6.54 Å². The first-order chi connectivity index (χ1) is 9.28. The van der Waals surface area contributed by atoms with E-state index in [-0.39, 0.29) is 6.04 Å². The summed E-state index contributed by atoms with van der Waals surface area (Å²) >= 11 is 0. The molecule has 0 aliphatic heterocycles. The third-order valence-electron chi connectivity index (χ3n) is 3.74. The maximum absolute atomic E-state index is 5.83. The summed E-state index contributed by atoms with van der Waals surface area (Å²) in [6.45, 7) is 5.01. The lowest BCUT2D eigenvalue weighted by atomic mass is 10.1. The van der Waals surface area contributed by atoms with Crippen molar-refractivity contribution in [3.8, 4) is 0 Å². The topological polar surface area (TPSA) is 51.0 Å². The van der Waals surface area contributed by atoms with Crippen molar-refractivity contribution in [2.45, 2.75) is 38.6 Å². The molecule has 1 unspecified atom stereocenters. The fourth-order valence-electron chi connectivity index (χ4n) is 2.71. The number of aromatic nitrogens is 2. The summed E-state index contributed by atoms with van der Waals surface area (Å²) in [4.78, 5) is 0. The van der Waals surface area contributed by atoms with Crippen LogP contribution < -0.4 is 5.32 Å². The molecule has 0 radical (unpaired) electrons. The SMILES string of the molecule is CCNC(C)c1nnc(C2Cc3ccccc3C2)o1. The number of hydrogen-bond donors (Lipinski definition) is 1. The number of rotatable bonds is 4. The third-order valence-corrected chi connectivity index (χ3v) is 3.74. The maximum Gasteiger partial charge on any atom is 0.233 e. The van der Waals surface area contributed by atoms with Crippen molar-refractivity contribution < 1.29 is 4.42 Å². The van der Waals surface area contributed by atoms with E-state index in [0.717, 1.165) is 25.3 Å². The van der Waals surface area contributed by atoms with Gasteiger partial charge in [-0.2, -0.15) is 0 Å². The van der Waals surface area contributed by atoms with Crippen LogP contribution in [0, 0.1) is 0 Å². The van der Waals surface area contributed by atoms with Crippen molar-refractivity contribution in [3.63, 3.8) is 0 Å². The van der Waals surface area contributed by atoms with E-state index in [2.05, 4.69) is 46.7 Å². The second kappa shape index (κ2) is 5.13. The van der Waals surface area contributed by atoms with Crippen molar-refractivity contribution in [1.29, 1.82) is 0 Å². The van der Waals surface area contributed by atoms with Crippen LogP contribution in [0.15, 0.2) is 28.7 Å². The van der Waals surface area contributed by atoms with Gasteiger partial charge in [0.2, 0.25) is 11.8 Å². The zero-order valence-electron chi connectivity index (χ0n) is 11.4. The lowest BCUT2D eigenvalue weighted by Gasteiger charge is -2.06. The van der Waals surface area contributed by atoms with Gasteiger partial charge in [-0.15, -0.1) is 10.2 Å². The van der Waals surface area contributed by atoms with Crippen LogP contribution in [0.5, 0.6) is 0 Å². The highest BCUT2D eigenvalue weighted by atomic mass is 16.4.